The van der Waals surface area contributed by atoms with Crippen molar-refractivity contribution in [2.24, 2.45) is 0 Å². The molecule has 0 radical (unpaired) electrons. The summed E-state index contributed by atoms with van der Waals surface area (Å²) in [6, 6.07) is 34.9. The van der Waals surface area contributed by atoms with E-state index in [0.29, 0.717) is 11.1 Å². The fraction of sp³-hybridized carbons (Fsp3) is 0.0312. The first-order valence-electron chi connectivity index (χ1n) is 11.7. The second-order valence-electron chi connectivity index (χ2n) is 8.74. The SMILES string of the molecule is Cc1cc(-c2ccncc2)c(C#N)cc1-n1c2ccccc2c2cccc(-c3ccccc3C#N)c21. The number of rotatable bonds is 3. The lowest BCUT2D eigenvalue weighted by atomic mass is 9.96. The minimum atomic E-state index is 0.600. The molecule has 6 aromatic rings. The van der Waals surface area contributed by atoms with Gasteiger partial charge in [-0.05, 0) is 60.0 Å². The lowest BCUT2D eigenvalue weighted by Crippen LogP contribution is -2.01. The van der Waals surface area contributed by atoms with Crippen LogP contribution in [-0.4, -0.2) is 9.55 Å². The average Bonchev–Trinajstić information content (AvgIpc) is 3.28. The highest BCUT2D eigenvalue weighted by molar-refractivity contribution is 6.14. The Morgan fingerprint density at radius 3 is 2.17 bits per heavy atom. The number of nitriles is 2. The lowest BCUT2D eigenvalue weighted by Gasteiger charge is -2.16. The first-order valence-corrected chi connectivity index (χ1v) is 11.7. The molecular formula is C32H20N4. The van der Waals surface area contributed by atoms with E-state index in [0.717, 1.165) is 55.3 Å². The molecule has 0 aliphatic heterocycles. The third-order valence-electron chi connectivity index (χ3n) is 6.72. The zero-order chi connectivity index (χ0) is 24.6. The minimum Gasteiger partial charge on any atom is -0.308 e. The van der Waals surface area contributed by atoms with Gasteiger partial charge < -0.3 is 4.57 Å². The second kappa shape index (κ2) is 8.55. The molecule has 36 heavy (non-hydrogen) atoms. The maximum Gasteiger partial charge on any atom is 0.0998 e. The first-order chi connectivity index (χ1) is 17.7. The van der Waals surface area contributed by atoms with Gasteiger partial charge in [0.25, 0.3) is 0 Å². The van der Waals surface area contributed by atoms with Crippen molar-refractivity contribution in [1.82, 2.24) is 9.55 Å². The molecule has 0 amide bonds. The van der Waals surface area contributed by atoms with Crippen LogP contribution in [0.1, 0.15) is 16.7 Å². The molecule has 2 heterocycles. The first kappa shape index (κ1) is 21.4. The molecule has 0 atom stereocenters. The molecule has 2 aromatic heterocycles. The highest BCUT2D eigenvalue weighted by Crippen LogP contribution is 2.40. The average molecular weight is 461 g/mol. The number of pyridine rings is 1. The van der Waals surface area contributed by atoms with Crippen LogP contribution in [0.2, 0.25) is 0 Å². The lowest BCUT2D eigenvalue weighted by molar-refractivity contribution is 1.15. The van der Waals surface area contributed by atoms with E-state index in [1.165, 1.54) is 0 Å². The van der Waals surface area contributed by atoms with Crippen LogP contribution in [0.15, 0.2) is 103 Å². The van der Waals surface area contributed by atoms with Crippen molar-refractivity contribution in [2.75, 3.05) is 0 Å². The van der Waals surface area contributed by atoms with E-state index in [1.54, 1.807) is 12.4 Å². The molecule has 0 unspecified atom stereocenters. The molecule has 0 fully saturated rings. The van der Waals surface area contributed by atoms with Crippen LogP contribution in [0.25, 0.3) is 49.7 Å². The van der Waals surface area contributed by atoms with Crippen molar-refractivity contribution in [3.8, 4) is 40.1 Å². The Labute approximate surface area is 208 Å². The zero-order valence-corrected chi connectivity index (χ0v) is 19.6. The number of benzene rings is 4. The third kappa shape index (κ3) is 3.25. The third-order valence-corrected chi connectivity index (χ3v) is 6.72. The molecule has 4 nitrogen and oxygen atoms in total. The summed E-state index contributed by atoms with van der Waals surface area (Å²) < 4.78 is 2.24. The number of hydrogen-bond donors (Lipinski definition) is 0. The van der Waals surface area contributed by atoms with Crippen molar-refractivity contribution < 1.29 is 0 Å². The smallest absolute Gasteiger partial charge is 0.0998 e. The van der Waals surface area contributed by atoms with Crippen LogP contribution >= 0.6 is 0 Å². The van der Waals surface area contributed by atoms with Crippen LogP contribution < -0.4 is 0 Å². The summed E-state index contributed by atoms with van der Waals surface area (Å²) in [7, 11) is 0. The molecule has 0 aliphatic rings. The van der Waals surface area contributed by atoms with Crippen LogP contribution in [0.4, 0.5) is 0 Å². The zero-order valence-electron chi connectivity index (χ0n) is 19.6. The highest BCUT2D eigenvalue weighted by Gasteiger charge is 2.20. The molecule has 4 heteroatoms. The number of para-hydroxylation sites is 2. The summed E-state index contributed by atoms with van der Waals surface area (Å²) in [5.41, 5.74) is 9.01. The molecule has 0 saturated heterocycles. The highest BCUT2D eigenvalue weighted by atomic mass is 15.0. The normalized spacial score (nSPS) is 10.9. The van der Waals surface area contributed by atoms with E-state index in [4.69, 9.17) is 0 Å². The van der Waals surface area contributed by atoms with Crippen LogP contribution in [0, 0.1) is 29.6 Å². The van der Waals surface area contributed by atoms with Gasteiger partial charge in [0.15, 0.2) is 0 Å². The number of nitrogens with zero attached hydrogens (tertiary/aromatic N) is 4. The summed E-state index contributed by atoms with van der Waals surface area (Å²) in [6.45, 7) is 2.08. The maximum absolute atomic E-state index is 10.1. The molecule has 0 bridgehead atoms. The molecule has 0 aliphatic carbocycles. The molecule has 0 spiro atoms. The Balaban J connectivity index is 1.74. The van der Waals surface area contributed by atoms with Crippen LogP contribution in [0.5, 0.6) is 0 Å². The summed E-state index contributed by atoms with van der Waals surface area (Å²) in [4.78, 5) is 4.12. The number of aryl methyl sites for hydroxylation is 1. The Bertz CT molecular complexity index is 1870. The molecule has 4 aromatic carbocycles. The van der Waals surface area contributed by atoms with Gasteiger partial charge in [-0.2, -0.15) is 10.5 Å². The maximum atomic E-state index is 10.1. The molecule has 168 valence electrons. The van der Waals surface area contributed by atoms with Crippen molar-refractivity contribution in [2.45, 2.75) is 6.92 Å². The standard InChI is InChI=1S/C32H20N4/c1-21-17-29(22-13-15-35-16-14-22)24(20-34)18-31(21)36-30-12-5-4-9-26(30)28-11-6-10-27(32(28)36)25-8-3-2-7-23(25)19-33/h2-18H,1H3. The summed E-state index contributed by atoms with van der Waals surface area (Å²) in [6.07, 6.45) is 3.48. The van der Waals surface area contributed by atoms with Crippen LogP contribution in [0.3, 0.4) is 0 Å². The number of fused-ring (bicyclic) bond motifs is 3. The fourth-order valence-electron chi connectivity index (χ4n) is 5.10. The minimum absolute atomic E-state index is 0.600. The van der Waals surface area contributed by atoms with Crippen molar-refractivity contribution >= 4 is 21.8 Å². The predicted molar refractivity (Wildman–Crippen MR) is 144 cm³/mol. The van der Waals surface area contributed by atoms with E-state index >= 15 is 0 Å². The van der Waals surface area contributed by atoms with E-state index in [-0.39, 0.29) is 0 Å². The second-order valence-corrected chi connectivity index (χ2v) is 8.74. The van der Waals surface area contributed by atoms with Gasteiger partial charge >= 0.3 is 0 Å². The van der Waals surface area contributed by atoms with Crippen molar-refractivity contribution in [1.29, 1.82) is 10.5 Å². The molecule has 0 saturated carbocycles. The van der Waals surface area contributed by atoms with E-state index < -0.39 is 0 Å². The Morgan fingerprint density at radius 1 is 0.667 bits per heavy atom. The Kier molecular flexibility index (Phi) is 5.07. The monoisotopic (exact) mass is 460 g/mol. The Hall–Kier alpha value is -5.19. The van der Waals surface area contributed by atoms with Gasteiger partial charge in [-0.1, -0.05) is 54.6 Å². The van der Waals surface area contributed by atoms with Gasteiger partial charge in [-0.25, -0.2) is 0 Å². The largest absolute Gasteiger partial charge is 0.308 e. The number of aromatic nitrogens is 2. The molecule has 0 N–H and O–H groups in total. The van der Waals surface area contributed by atoms with Gasteiger partial charge in [0.05, 0.1) is 40.0 Å². The van der Waals surface area contributed by atoms with Crippen molar-refractivity contribution in [3.05, 3.63) is 120 Å². The van der Waals surface area contributed by atoms with E-state index in [9.17, 15) is 10.5 Å². The molecular weight excluding hydrogens is 440 g/mol. The van der Waals surface area contributed by atoms with Crippen molar-refractivity contribution in [3.63, 3.8) is 0 Å². The fourth-order valence-corrected chi connectivity index (χ4v) is 5.10. The van der Waals surface area contributed by atoms with Gasteiger partial charge in [0.1, 0.15) is 0 Å². The summed E-state index contributed by atoms with van der Waals surface area (Å²) in [5.74, 6) is 0. The van der Waals surface area contributed by atoms with E-state index in [2.05, 4.69) is 58.9 Å². The van der Waals surface area contributed by atoms with Gasteiger partial charge in [0.2, 0.25) is 0 Å². The molecule has 6 rings (SSSR count). The quantitative estimate of drug-likeness (QED) is 0.274. The van der Waals surface area contributed by atoms with Crippen LogP contribution in [-0.2, 0) is 0 Å². The topological polar surface area (TPSA) is 65.4 Å². The summed E-state index contributed by atoms with van der Waals surface area (Å²) >= 11 is 0. The van der Waals surface area contributed by atoms with E-state index in [1.807, 2.05) is 60.7 Å². The van der Waals surface area contributed by atoms with Gasteiger partial charge in [-0.3, -0.25) is 4.98 Å². The summed E-state index contributed by atoms with van der Waals surface area (Å²) in [5, 5.41) is 22.2. The Morgan fingerprint density at radius 2 is 1.36 bits per heavy atom. The van der Waals surface area contributed by atoms with Gasteiger partial charge in [0, 0.05) is 34.3 Å². The van der Waals surface area contributed by atoms with Gasteiger partial charge in [-0.15, -0.1) is 0 Å². The predicted octanol–water partition coefficient (Wildman–Crippen LogP) is 7.56. The number of hydrogen-bond acceptors (Lipinski definition) is 3.